The highest BCUT2D eigenvalue weighted by Crippen LogP contribution is 2.36. The van der Waals surface area contributed by atoms with Crippen molar-refractivity contribution < 1.29 is 37.3 Å². The van der Waals surface area contributed by atoms with E-state index in [9.17, 15) is 13.6 Å². The third kappa shape index (κ3) is 4.35. The van der Waals surface area contributed by atoms with E-state index in [2.05, 4.69) is 4.74 Å². The molecule has 0 amide bonds. The topological polar surface area (TPSA) is 63.2 Å². The highest BCUT2D eigenvalue weighted by atomic mass is 79.9. The molecule has 0 spiro atoms. The molecular formula is C13H19BrF2O6. The first-order valence-corrected chi connectivity index (χ1v) is 7.60. The molecule has 2 aliphatic rings. The molecule has 0 aromatic heterocycles. The second-order valence-electron chi connectivity index (χ2n) is 6.10. The van der Waals surface area contributed by atoms with Gasteiger partial charge in [-0.2, -0.15) is 8.78 Å². The van der Waals surface area contributed by atoms with Crippen molar-refractivity contribution in [2.75, 3.05) is 13.2 Å². The summed E-state index contributed by atoms with van der Waals surface area (Å²) < 4.78 is 52.6. The van der Waals surface area contributed by atoms with Crippen LogP contribution in [0.25, 0.3) is 0 Å². The first kappa shape index (κ1) is 18.0. The second kappa shape index (κ2) is 5.94. The fourth-order valence-corrected chi connectivity index (χ4v) is 2.54. The number of halogens is 3. The van der Waals surface area contributed by atoms with Crippen molar-refractivity contribution in [1.29, 1.82) is 0 Å². The maximum absolute atomic E-state index is 12.8. The Kier molecular flexibility index (Phi) is 4.86. The van der Waals surface area contributed by atoms with Crippen molar-refractivity contribution in [3.8, 4) is 0 Å². The molecule has 0 radical (unpaired) electrons. The van der Waals surface area contributed by atoms with Crippen LogP contribution in [0.5, 0.6) is 0 Å². The third-order valence-corrected chi connectivity index (χ3v) is 3.55. The van der Waals surface area contributed by atoms with Gasteiger partial charge >= 0.3 is 10.8 Å². The van der Waals surface area contributed by atoms with Crippen LogP contribution in [0.1, 0.15) is 27.7 Å². The normalized spacial score (nSPS) is 33.9. The standard InChI is InChI=1S/C13H19BrF2O6/c1-11(2)19-6-8(20-11)9-7(21-12(3,4)22-9)5-18-10(17)13(14,15)16/h7-9H,5-6H2,1-4H3. The number of esters is 1. The molecule has 0 aromatic rings. The smallest absolute Gasteiger partial charge is 0.395 e. The average molecular weight is 389 g/mol. The minimum Gasteiger partial charge on any atom is -0.458 e. The van der Waals surface area contributed by atoms with E-state index >= 15 is 0 Å². The summed E-state index contributed by atoms with van der Waals surface area (Å²) in [5.74, 6) is -3.37. The van der Waals surface area contributed by atoms with Gasteiger partial charge in [-0.05, 0) is 27.7 Å². The lowest BCUT2D eigenvalue weighted by Crippen LogP contribution is -2.41. The van der Waals surface area contributed by atoms with Crippen molar-refractivity contribution in [2.24, 2.45) is 0 Å². The van der Waals surface area contributed by atoms with Gasteiger partial charge in [0.1, 0.15) is 24.9 Å². The minimum atomic E-state index is -3.73. The van der Waals surface area contributed by atoms with Gasteiger partial charge in [0.25, 0.3) is 0 Å². The van der Waals surface area contributed by atoms with E-state index in [0.717, 1.165) is 0 Å². The molecule has 2 saturated heterocycles. The Balaban J connectivity index is 2.00. The van der Waals surface area contributed by atoms with Gasteiger partial charge in [0.05, 0.1) is 6.61 Å². The number of alkyl halides is 3. The molecule has 0 aliphatic carbocycles. The summed E-state index contributed by atoms with van der Waals surface area (Å²) in [5.41, 5.74) is 0. The van der Waals surface area contributed by atoms with E-state index in [0.29, 0.717) is 0 Å². The van der Waals surface area contributed by atoms with Gasteiger partial charge < -0.3 is 23.7 Å². The summed E-state index contributed by atoms with van der Waals surface area (Å²) in [5, 5.41) is 0. The minimum absolute atomic E-state index is 0.274. The Bertz CT molecular complexity index is 437. The van der Waals surface area contributed by atoms with Crippen molar-refractivity contribution >= 4 is 21.9 Å². The molecule has 2 fully saturated rings. The lowest BCUT2D eigenvalue weighted by atomic mass is 10.1. The SMILES string of the molecule is CC1(C)OCC(C2OC(C)(C)OC2COC(=O)C(F)(F)Br)O1. The molecule has 3 atom stereocenters. The van der Waals surface area contributed by atoms with E-state index in [1.54, 1.807) is 27.7 Å². The molecule has 3 unspecified atom stereocenters. The predicted octanol–water partition coefficient (Wildman–Crippen LogP) is 2.19. The fourth-order valence-electron chi connectivity index (χ4n) is 2.42. The largest absolute Gasteiger partial charge is 0.458 e. The molecule has 0 bridgehead atoms. The Hall–Kier alpha value is -0.350. The van der Waals surface area contributed by atoms with Crippen LogP contribution in [0, 0.1) is 0 Å². The average Bonchev–Trinajstić information content (AvgIpc) is 2.84. The maximum atomic E-state index is 12.8. The Morgan fingerprint density at radius 3 is 2.36 bits per heavy atom. The Morgan fingerprint density at radius 1 is 1.23 bits per heavy atom. The van der Waals surface area contributed by atoms with E-state index in [1.807, 2.05) is 15.9 Å². The molecule has 0 saturated carbocycles. The van der Waals surface area contributed by atoms with Crippen LogP contribution in [0.4, 0.5) is 8.78 Å². The van der Waals surface area contributed by atoms with Crippen LogP contribution >= 0.6 is 15.9 Å². The van der Waals surface area contributed by atoms with Gasteiger partial charge in [-0.1, -0.05) is 0 Å². The summed E-state index contributed by atoms with van der Waals surface area (Å²) in [6.07, 6.45) is -1.75. The predicted molar refractivity (Wildman–Crippen MR) is 73.6 cm³/mol. The summed E-state index contributed by atoms with van der Waals surface area (Å²) in [6, 6.07) is 0. The monoisotopic (exact) mass is 388 g/mol. The molecule has 0 N–H and O–H groups in total. The maximum Gasteiger partial charge on any atom is 0.395 e. The number of hydrogen-bond donors (Lipinski definition) is 0. The zero-order valence-corrected chi connectivity index (χ0v) is 14.3. The van der Waals surface area contributed by atoms with Crippen LogP contribution in [-0.2, 0) is 28.5 Å². The summed E-state index contributed by atoms with van der Waals surface area (Å²) in [4.78, 5) is 7.41. The molecule has 2 rings (SSSR count). The van der Waals surface area contributed by atoms with Crippen LogP contribution < -0.4 is 0 Å². The zero-order valence-electron chi connectivity index (χ0n) is 12.7. The van der Waals surface area contributed by atoms with Gasteiger partial charge in [0.15, 0.2) is 11.6 Å². The van der Waals surface area contributed by atoms with Gasteiger partial charge in [-0.3, -0.25) is 0 Å². The fraction of sp³-hybridized carbons (Fsp3) is 0.923. The highest BCUT2D eigenvalue weighted by Gasteiger charge is 2.50. The first-order valence-electron chi connectivity index (χ1n) is 6.81. The number of rotatable bonds is 4. The number of carbonyl (C=O) groups is 1. The molecule has 128 valence electrons. The van der Waals surface area contributed by atoms with E-state index < -0.39 is 40.7 Å². The molecule has 9 heteroatoms. The number of hydrogen-bond acceptors (Lipinski definition) is 6. The molecular weight excluding hydrogens is 370 g/mol. The first-order chi connectivity index (χ1) is 9.90. The molecule has 0 aromatic carbocycles. The van der Waals surface area contributed by atoms with Gasteiger partial charge in [-0.15, -0.1) is 0 Å². The van der Waals surface area contributed by atoms with E-state index in [-0.39, 0.29) is 13.2 Å². The summed E-state index contributed by atoms with van der Waals surface area (Å²) in [7, 11) is 0. The van der Waals surface area contributed by atoms with Crippen molar-refractivity contribution in [3.63, 3.8) is 0 Å². The third-order valence-electron chi connectivity index (χ3n) is 3.23. The molecule has 6 nitrogen and oxygen atoms in total. The van der Waals surface area contributed by atoms with Crippen LogP contribution in [-0.4, -0.2) is 53.9 Å². The van der Waals surface area contributed by atoms with E-state index in [1.165, 1.54) is 0 Å². The lowest BCUT2D eigenvalue weighted by molar-refractivity contribution is -0.175. The molecule has 2 aliphatic heterocycles. The van der Waals surface area contributed by atoms with Crippen molar-refractivity contribution in [1.82, 2.24) is 0 Å². The molecule has 2 heterocycles. The van der Waals surface area contributed by atoms with Gasteiger partial charge in [0.2, 0.25) is 0 Å². The Morgan fingerprint density at radius 2 is 1.86 bits per heavy atom. The van der Waals surface area contributed by atoms with E-state index in [4.69, 9.17) is 18.9 Å². The number of ether oxygens (including phenoxy) is 5. The summed E-state index contributed by atoms with van der Waals surface area (Å²) >= 11 is 1.95. The van der Waals surface area contributed by atoms with Gasteiger partial charge in [-0.25, -0.2) is 4.79 Å². The summed E-state index contributed by atoms with van der Waals surface area (Å²) in [6.45, 7) is 6.79. The van der Waals surface area contributed by atoms with Crippen molar-refractivity contribution in [3.05, 3.63) is 0 Å². The highest BCUT2D eigenvalue weighted by molar-refractivity contribution is 9.10. The lowest BCUT2D eigenvalue weighted by Gasteiger charge is -2.23. The van der Waals surface area contributed by atoms with Crippen LogP contribution in [0.15, 0.2) is 0 Å². The van der Waals surface area contributed by atoms with Crippen LogP contribution in [0.2, 0.25) is 0 Å². The van der Waals surface area contributed by atoms with Gasteiger partial charge in [0, 0.05) is 15.9 Å². The van der Waals surface area contributed by atoms with Crippen molar-refractivity contribution in [2.45, 2.75) is 62.4 Å². The molecule has 22 heavy (non-hydrogen) atoms. The quantitative estimate of drug-likeness (QED) is 0.543. The van der Waals surface area contributed by atoms with Crippen LogP contribution in [0.3, 0.4) is 0 Å². The Labute approximate surface area is 135 Å². The number of carbonyl (C=O) groups excluding carboxylic acids is 1. The second-order valence-corrected chi connectivity index (χ2v) is 7.10. The zero-order chi connectivity index (χ0) is 16.8.